The number of carbonyl (C=O) groups is 2. The fourth-order valence-corrected chi connectivity index (χ4v) is 5.39. The molecule has 0 spiro atoms. The Hall–Kier alpha value is -4.09. The van der Waals surface area contributed by atoms with E-state index in [1.54, 1.807) is 17.2 Å². The second-order valence-electron chi connectivity index (χ2n) is 10.9. The van der Waals surface area contributed by atoms with Gasteiger partial charge in [-0.05, 0) is 42.6 Å². The van der Waals surface area contributed by atoms with Crippen LogP contribution in [0.25, 0.3) is 10.4 Å². The highest BCUT2D eigenvalue weighted by Gasteiger charge is 2.28. The predicted octanol–water partition coefficient (Wildman–Crippen LogP) is 4.87. The number of hydrogen-bond acceptors (Lipinski definition) is 8. The molecule has 2 heterocycles. The van der Waals surface area contributed by atoms with Crippen LogP contribution in [-0.4, -0.2) is 70.6 Å². The van der Waals surface area contributed by atoms with E-state index in [1.165, 1.54) is 29.0 Å². The Morgan fingerprint density at radius 1 is 1.05 bits per heavy atom. The number of piperazine rings is 1. The van der Waals surface area contributed by atoms with E-state index in [1.807, 2.05) is 31.3 Å². The SMILES string of the molecule is CC(=NNC(=O)c1ccc(C(=O)N2CCN(C)CC2)c([N+](=O)[O-])c1)c1csc(-c2ccc(C(C)(C)C)cc2)c1O. The van der Waals surface area contributed by atoms with Crippen molar-refractivity contribution < 1.29 is 19.6 Å². The number of hydrogen-bond donors (Lipinski definition) is 2. The lowest BCUT2D eigenvalue weighted by molar-refractivity contribution is -0.385. The molecule has 0 saturated carbocycles. The first kappa shape index (κ1) is 28.9. The summed E-state index contributed by atoms with van der Waals surface area (Å²) in [6, 6.07) is 11.8. The van der Waals surface area contributed by atoms with Crippen molar-refractivity contribution in [3.05, 3.63) is 80.2 Å². The summed E-state index contributed by atoms with van der Waals surface area (Å²) in [7, 11) is 1.95. The van der Waals surface area contributed by atoms with E-state index in [2.05, 4.69) is 36.2 Å². The molecule has 1 aliphatic rings. The molecule has 210 valence electrons. The molecular weight excluding hydrogens is 530 g/mol. The van der Waals surface area contributed by atoms with Crippen molar-refractivity contribution in [2.75, 3.05) is 33.2 Å². The molecule has 10 nitrogen and oxygen atoms in total. The number of carbonyl (C=O) groups excluding carboxylic acids is 2. The molecule has 0 unspecified atom stereocenters. The van der Waals surface area contributed by atoms with Crippen LogP contribution in [0.1, 0.15) is 59.5 Å². The molecule has 2 amide bonds. The lowest BCUT2D eigenvalue weighted by Gasteiger charge is -2.32. The first-order valence-corrected chi connectivity index (χ1v) is 13.8. The molecule has 2 N–H and O–H groups in total. The van der Waals surface area contributed by atoms with Crippen LogP contribution >= 0.6 is 11.3 Å². The number of thiophene rings is 1. The summed E-state index contributed by atoms with van der Waals surface area (Å²) >= 11 is 1.37. The maximum absolute atomic E-state index is 12.9. The molecule has 1 saturated heterocycles. The molecule has 0 aliphatic carbocycles. The zero-order valence-electron chi connectivity index (χ0n) is 23.2. The number of nitrogens with one attached hydrogen (secondary N) is 1. The number of nitro groups is 1. The third-order valence-corrected chi connectivity index (χ3v) is 7.99. The van der Waals surface area contributed by atoms with Gasteiger partial charge < -0.3 is 14.9 Å². The highest BCUT2D eigenvalue weighted by atomic mass is 32.1. The van der Waals surface area contributed by atoms with Crippen molar-refractivity contribution in [3.63, 3.8) is 0 Å². The number of nitro benzene ring substituents is 1. The van der Waals surface area contributed by atoms with Crippen molar-refractivity contribution in [2.24, 2.45) is 5.10 Å². The van der Waals surface area contributed by atoms with E-state index < -0.39 is 22.4 Å². The summed E-state index contributed by atoms with van der Waals surface area (Å²) < 4.78 is 0. The van der Waals surface area contributed by atoms with Crippen molar-refractivity contribution in [1.82, 2.24) is 15.2 Å². The molecule has 1 aliphatic heterocycles. The first-order valence-electron chi connectivity index (χ1n) is 12.9. The van der Waals surface area contributed by atoms with Gasteiger partial charge in [0, 0.05) is 43.2 Å². The van der Waals surface area contributed by atoms with Gasteiger partial charge in [0.25, 0.3) is 17.5 Å². The predicted molar refractivity (Wildman–Crippen MR) is 156 cm³/mol. The largest absolute Gasteiger partial charge is 0.506 e. The van der Waals surface area contributed by atoms with E-state index in [4.69, 9.17) is 0 Å². The Labute approximate surface area is 237 Å². The Morgan fingerprint density at radius 3 is 2.30 bits per heavy atom. The van der Waals surface area contributed by atoms with Gasteiger partial charge in [-0.1, -0.05) is 45.0 Å². The van der Waals surface area contributed by atoms with Crippen molar-refractivity contribution >= 4 is 34.6 Å². The van der Waals surface area contributed by atoms with Crippen molar-refractivity contribution in [3.8, 4) is 16.2 Å². The summed E-state index contributed by atoms with van der Waals surface area (Å²) in [4.78, 5) is 41.2. The Morgan fingerprint density at radius 2 is 1.70 bits per heavy atom. The number of amides is 2. The third-order valence-electron chi connectivity index (χ3n) is 6.97. The highest BCUT2D eigenvalue weighted by molar-refractivity contribution is 7.14. The smallest absolute Gasteiger partial charge is 0.282 e. The number of rotatable bonds is 6. The van der Waals surface area contributed by atoms with Crippen LogP contribution in [0, 0.1) is 10.1 Å². The third kappa shape index (κ3) is 6.21. The van der Waals surface area contributed by atoms with Crippen LogP contribution in [0.3, 0.4) is 0 Å². The zero-order valence-corrected chi connectivity index (χ0v) is 24.0. The number of nitrogens with zero attached hydrogens (tertiary/aromatic N) is 4. The Kier molecular flexibility index (Phi) is 8.36. The second-order valence-corrected chi connectivity index (χ2v) is 11.8. The van der Waals surface area contributed by atoms with E-state index in [-0.39, 0.29) is 22.3 Å². The summed E-state index contributed by atoms with van der Waals surface area (Å²) in [5.41, 5.74) is 4.82. The monoisotopic (exact) mass is 563 g/mol. The zero-order chi connectivity index (χ0) is 29.2. The van der Waals surface area contributed by atoms with Crippen LogP contribution in [0.4, 0.5) is 5.69 Å². The molecular formula is C29H33N5O5S. The molecule has 40 heavy (non-hydrogen) atoms. The molecule has 1 aromatic heterocycles. The molecule has 3 aromatic rings. The normalized spacial score (nSPS) is 14.7. The second kappa shape index (κ2) is 11.6. The van der Waals surface area contributed by atoms with Gasteiger partial charge in [-0.3, -0.25) is 19.7 Å². The maximum atomic E-state index is 12.9. The van der Waals surface area contributed by atoms with Crippen LogP contribution in [-0.2, 0) is 5.41 Å². The Bertz CT molecular complexity index is 1460. The van der Waals surface area contributed by atoms with Gasteiger partial charge in [0.05, 0.1) is 21.1 Å². The maximum Gasteiger partial charge on any atom is 0.282 e. The molecule has 0 atom stereocenters. The minimum Gasteiger partial charge on any atom is -0.506 e. The average Bonchev–Trinajstić information content (AvgIpc) is 3.32. The molecule has 2 aromatic carbocycles. The van der Waals surface area contributed by atoms with Gasteiger partial charge in [0.2, 0.25) is 0 Å². The molecule has 0 radical (unpaired) electrons. The fourth-order valence-electron chi connectivity index (χ4n) is 4.38. The quantitative estimate of drug-likeness (QED) is 0.250. The minimum absolute atomic E-state index is 0.00709. The Balaban J connectivity index is 1.49. The van der Waals surface area contributed by atoms with E-state index >= 15 is 0 Å². The van der Waals surface area contributed by atoms with Crippen molar-refractivity contribution in [2.45, 2.75) is 33.1 Å². The van der Waals surface area contributed by atoms with Crippen molar-refractivity contribution in [1.29, 1.82) is 0 Å². The van der Waals surface area contributed by atoms with Gasteiger partial charge in [-0.15, -0.1) is 11.3 Å². The van der Waals surface area contributed by atoms with Gasteiger partial charge in [0.1, 0.15) is 11.3 Å². The van der Waals surface area contributed by atoms with Gasteiger partial charge >= 0.3 is 0 Å². The molecule has 11 heteroatoms. The minimum atomic E-state index is -0.672. The summed E-state index contributed by atoms with van der Waals surface area (Å²) in [6.07, 6.45) is 0. The number of hydrazone groups is 1. The van der Waals surface area contributed by atoms with Crippen LogP contribution in [0.2, 0.25) is 0 Å². The summed E-state index contributed by atoms with van der Waals surface area (Å²) in [5.74, 6) is -1.04. The van der Waals surface area contributed by atoms with Gasteiger partial charge in [0.15, 0.2) is 0 Å². The fraction of sp³-hybridized carbons (Fsp3) is 0.345. The van der Waals surface area contributed by atoms with E-state index in [0.717, 1.165) is 11.6 Å². The van der Waals surface area contributed by atoms with E-state index in [9.17, 15) is 24.8 Å². The number of likely N-dealkylation sites (N-methyl/N-ethyl adjacent to an activating group) is 1. The van der Waals surface area contributed by atoms with Crippen LogP contribution < -0.4 is 5.43 Å². The first-order chi connectivity index (χ1) is 18.9. The number of aromatic hydroxyl groups is 1. The standard InChI is InChI=1S/C29H33N5O5S/c1-18(23-17-40-26(25(23)35)19-6-9-21(10-7-19)29(2,3)4)30-31-27(36)20-8-11-22(24(16-20)34(38)39)28(37)33-14-12-32(5)13-15-33/h6-11,16-17,35H,12-15H2,1-5H3,(H,31,36). The van der Waals surface area contributed by atoms with Crippen LogP contribution in [0.15, 0.2) is 52.9 Å². The summed E-state index contributed by atoms with van der Waals surface area (Å²) in [6.45, 7) is 10.4. The average molecular weight is 564 g/mol. The number of benzene rings is 2. The van der Waals surface area contributed by atoms with Crippen LogP contribution in [0.5, 0.6) is 5.75 Å². The van der Waals surface area contributed by atoms with Gasteiger partial charge in [-0.2, -0.15) is 5.10 Å². The van der Waals surface area contributed by atoms with Gasteiger partial charge in [-0.25, -0.2) is 5.43 Å². The van der Waals surface area contributed by atoms with E-state index in [0.29, 0.717) is 42.3 Å². The molecule has 4 rings (SSSR count). The topological polar surface area (TPSA) is 128 Å². The summed E-state index contributed by atoms with van der Waals surface area (Å²) in [5, 5.41) is 28.5. The lowest BCUT2D eigenvalue weighted by Crippen LogP contribution is -2.47. The molecule has 0 bridgehead atoms. The lowest BCUT2D eigenvalue weighted by atomic mass is 9.86. The highest BCUT2D eigenvalue weighted by Crippen LogP contribution is 2.39. The molecule has 1 fully saturated rings.